The van der Waals surface area contributed by atoms with Gasteiger partial charge >= 0.3 is 0 Å². The molecule has 8 heteroatoms. The lowest BCUT2D eigenvalue weighted by atomic mass is 9.75. The summed E-state index contributed by atoms with van der Waals surface area (Å²) in [5, 5.41) is 9.79. The van der Waals surface area contributed by atoms with E-state index in [-0.39, 0.29) is 18.3 Å². The Balaban J connectivity index is 1.58. The van der Waals surface area contributed by atoms with Crippen LogP contribution in [0.5, 0.6) is 23.0 Å². The minimum Gasteiger partial charge on any atom is -0.493 e. The number of rotatable bonds is 8. The van der Waals surface area contributed by atoms with Crippen LogP contribution < -0.4 is 18.9 Å². The predicted molar refractivity (Wildman–Crippen MR) is 116 cm³/mol. The number of likely N-dealkylation sites (tertiary alicyclic amines) is 1. The predicted octanol–water partition coefficient (Wildman–Crippen LogP) is 3.61. The van der Waals surface area contributed by atoms with E-state index in [0.717, 1.165) is 5.56 Å². The van der Waals surface area contributed by atoms with Gasteiger partial charge in [-0.25, -0.2) is 4.39 Å². The highest BCUT2D eigenvalue weighted by Gasteiger charge is 2.36. The van der Waals surface area contributed by atoms with Gasteiger partial charge in [0.05, 0.1) is 32.8 Å². The van der Waals surface area contributed by atoms with Crippen molar-refractivity contribution in [2.45, 2.75) is 19.3 Å². The average Bonchev–Trinajstić information content (AvgIpc) is 2.83. The highest BCUT2D eigenvalue weighted by molar-refractivity contribution is 5.78. The van der Waals surface area contributed by atoms with Crippen LogP contribution in [0.15, 0.2) is 36.4 Å². The van der Waals surface area contributed by atoms with Crippen LogP contribution >= 0.6 is 0 Å². The van der Waals surface area contributed by atoms with Crippen molar-refractivity contribution in [3.05, 3.63) is 47.8 Å². The fraction of sp³-hybridized carbons (Fsp3) is 0.417. The summed E-state index contributed by atoms with van der Waals surface area (Å²) in [4.78, 5) is 14.4. The molecule has 3 rings (SSSR count). The molecule has 0 N–H and O–H groups in total. The molecule has 0 atom stereocenters. The second-order valence-corrected chi connectivity index (χ2v) is 7.73. The molecule has 1 fully saturated rings. The first-order valence-corrected chi connectivity index (χ1v) is 10.3. The lowest BCUT2D eigenvalue weighted by Gasteiger charge is -2.37. The van der Waals surface area contributed by atoms with Crippen molar-refractivity contribution in [3.63, 3.8) is 0 Å². The number of methoxy groups -OCH3 is 3. The van der Waals surface area contributed by atoms with Gasteiger partial charge in [0.1, 0.15) is 11.6 Å². The van der Waals surface area contributed by atoms with Gasteiger partial charge in [0.25, 0.3) is 5.91 Å². The number of halogens is 1. The fourth-order valence-electron chi connectivity index (χ4n) is 3.88. The Morgan fingerprint density at radius 2 is 1.66 bits per heavy atom. The lowest BCUT2D eigenvalue weighted by Crippen LogP contribution is -2.45. The number of carbonyl (C=O) groups is 1. The normalized spacial score (nSPS) is 14.9. The van der Waals surface area contributed by atoms with Crippen LogP contribution in [0.4, 0.5) is 4.39 Å². The van der Waals surface area contributed by atoms with Crippen molar-refractivity contribution in [2.24, 2.45) is 5.41 Å². The summed E-state index contributed by atoms with van der Waals surface area (Å²) in [5.41, 5.74) is 0.352. The first-order chi connectivity index (χ1) is 15.4. The van der Waals surface area contributed by atoms with E-state index in [0.29, 0.717) is 55.4 Å². The van der Waals surface area contributed by atoms with Gasteiger partial charge in [0, 0.05) is 25.2 Å². The molecule has 1 saturated heterocycles. The van der Waals surface area contributed by atoms with Gasteiger partial charge in [-0.15, -0.1) is 0 Å². The quantitative estimate of drug-likeness (QED) is 0.621. The first kappa shape index (κ1) is 23.2. The molecule has 0 aromatic heterocycles. The maximum Gasteiger partial charge on any atom is 0.260 e. The van der Waals surface area contributed by atoms with Gasteiger partial charge in [-0.3, -0.25) is 4.79 Å². The van der Waals surface area contributed by atoms with Crippen LogP contribution in [-0.4, -0.2) is 51.8 Å². The molecule has 1 aliphatic heterocycles. The number of ether oxygens (including phenoxy) is 4. The zero-order chi connectivity index (χ0) is 23.1. The molecule has 0 aliphatic carbocycles. The Kier molecular flexibility index (Phi) is 7.41. The Labute approximate surface area is 187 Å². The van der Waals surface area contributed by atoms with Gasteiger partial charge in [-0.2, -0.15) is 5.26 Å². The third kappa shape index (κ3) is 5.22. The molecular weight excluding hydrogens is 415 g/mol. The molecule has 0 spiro atoms. The Bertz CT molecular complexity index is 954. The molecule has 0 unspecified atom stereocenters. The van der Waals surface area contributed by atoms with Gasteiger partial charge in [0.15, 0.2) is 18.1 Å². The highest BCUT2D eigenvalue weighted by Crippen LogP contribution is 2.41. The van der Waals surface area contributed by atoms with Crippen molar-refractivity contribution in [2.75, 3.05) is 41.0 Å². The summed E-state index contributed by atoms with van der Waals surface area (Å²) in [6, 6.07) is 11.9. The molecule has 7 nitrogen and oxygen atoms in total. The number of amides is 1. The zero-order valence-electron chi connectivity index (χ0n) is 18.5. The number of hydrogen-bond donors (Lipinski definition) is 0. The van der Waals surface area contributed by atoms with E-state index in [1.165, 1.54) is 33.5 Å². The zero-order valence-corrected chi connectivity index (χ0v) is 18.5. The highest BCUT2D eigenvalue weighted by atomic mass is 19.1. The van der Waals surface area contributed by atoms with E-state index in [4.69, 9.17) is 18.9 Å². The summed E-state index contributed by atoms with van der Waals surface area (Å²) in [7, 11) is 4.53. The van der Waals surface area contributed by atoms with Crippen LogP contribution in [0.3, 0.4) is 0 Å². The van der Waals surface area contributed by atoms with E-state index >= 15 is 0 Å². The summed E-state index contributed by atoms with van der Waals surface area (Å²) < 4.78 is 34.7. The van der Waals surface area contributed by atoms with E-state index in [1.807, 2.05) is 0 Å². The molecular formula is C24H27FN2O5. The van der Waals surface area contributed by atoms with E-state index < -0.39 is 5.41 Å². The van der Waals surface area contributed by atoms with Gasteiger partial charge in [-0.05, 0) is 37.0 Å². The van der Waals surface area contributed by atoms with Crippen molar-refractivity contribution < 1.29 is 28.1 Å². The maximum absolute atomic E-state index is 13.2. The summed E-state index contributed by atoms with van der Waals surface area (Å²) in [5.74, 6) is 1.28. The molecule has 0 radical (unpaired) electrons. The van der Waals surface area contributed by atoms with Crippen LogP contribution in [0.1, 0.15) is 18.4 Å². The summed E-state index contributed by atoms with van der Waals surface area (Å²) in [6.07, 6.45) is 1.64. The smallest absolute Gasteiger partial charge is 0.260 e. The lowest BCUT2D eigenvalue weighted by molar-refractivity contribution is -0.135. The van der Waals surface area contributed by atoms with Gasteiger partial charge in [-0.1, -0.05) is 12.1 Å². The molecule has 1 amide bonds. The average molecular weight is 442 g/mol. The second kappa shape index (κ2) is 10.2. The Morgan fingerprint density at radius 1 is 1.06 bits per heavy atom. The number of nitrogens with zero attached hydrogens (tertiary/aromatic N) is 2. The summed E-state index contributed by atoms with van der Waals surface area (Å²) >= 11 is 0. The minimum absolute atomic E-state index is 0.143. The van der Waals surface area contributed by atoms with Crippen molar-refractivity contribution in [1.82, 2.24) is 4.90 Å². The third-order valence-corrected chi connectivity index (χ3v) is 5.77. The standard InChI is InChI=1S/C24H27FN2O5/c1-29-20-12-19(13-21(30-2)23(20)31-3)32-15-22(28)27-10-8-24(16-26,9-11-27)14-17-4-6-18(25)7-5-17/h4-7,12-13H,8-11,14-15H2,1-3H3. The van der Waals surface area contributed by atoms with Crippen molar-refractivity contribution >= 4 is 5.91 Å². The Hall–Kier alpha value is -3.47. The monoisotopic (exact) mass is 442 g/mol. The molecule has 32 heavy (non-hydrogen) atoms. The number of piperidine rings is 1. The number of nitriles is 1. The Morgan fingerprint density at radius 3 is 2.16 bits per heavy atom. The summed E-state index contributed by atoms with van der Waals surface area (Å²) in [6.45, 7) is 0.786. The molecule has 0 saturated carbocycles. The van der Waals surface area contributed by atoms with Crippen LogP contribution in [0.25, 0.3) is 0 Å². The molecule has 1 heterocycles. The first-order valence-electron chi connectivity index (χ1n) is 10.3. The maximum atomic E-state index is 13.2. The number of carbonyl (C=O) groups excluding carboxylic acids is 1. The molecule has 1 aliphatic rings. The fourth-order valence-corrected chi connectivity index (χ4v) is 3.88. The molecule has 2 aromatic carbocycles. The van der Waals surface area contributed by atoms with Crippen molar-refractivity contribution in [1.29, 1.82) is 5.26 Å². The van der Waals surface area contributed by atoms with Gasteiger partial charge < -0.3 is 23.8 Å². The van der Waals surface area contributed by atoms with Crippen LogP contribution in [0.2, 0.25) is 0 Å². The third-order valence-electron chi connectivity index (χ3n) is 5.77. The number of hydrogen-bond acceptors (Lipinski definition) is 6. The van der Waals surface area contributed by atoms with Crippen LogP contribution in [-0.2, 0) is 11.2 Å². The van der Waals surface area contributed by atoms with E-state index in [9.17, 15) is 14.4 Å². The second-order valence-electron chi connectivity index (χ2n) is 7.73. The topological polar surface area (TPSA) is 81.0 Å². The van der Waals surface area contributed by atoms with Gasteiger partial charge in [0.2, 0.25) is 5.75 Å². The largest absolute Gasteiger partial charge is 0.493 e. The molecule has 170 valence electrons. The van der Waals surface area contributed by atoms with E-state index in [1.54, 1.807) is 29.2 Å². The van der Waals surface area contributed by atoms with Crippen molar-refractivity contribution in [3.8, 4) is 29.1 Å². The molecule has 2 aromatic rings. The van der Waals surface area contributed by atoms with E-state index in [2.05, 4.69) is 6.07 Å². The number of benzene rings is 2. The minimum atomic E-state index is -0.563. The SMILES string of the molecule is COc1cc(OCC(=O)N2CCC(C#N)(Cc3ccc(F)cc3)CC2)cc(OC)c1OC. The molecule has 0 bridgehead atoms. The van der Waals surface area contributed by atoms with Crippen LogP contribution in [0, 0.1) is 22.6 Å².